The summed E-state index contributed by atoms with van der Waals surface area (Å²) in [5, 5.41) is 3.57. The number of hydrogen-bond acceptors (Lipinski definition) is 2. The molecule has 1 heterocycles. The Morgan fingerprint density at radius 3 is 2.62 bits per heavy atom. The summed E-state index contributed by atoms with van der Waals surface area (Å²) in [6.07, 6.45) is 3.98. The van der Waals surface area contributed by atoms with Crippen molar-refractivity contribution in [3.8, 4) is 0 Å². The Bertz CT molecular complexity index is 515. The van der Waals surface area contributed by atoms with Gasteiger partial charge >= 0.3 is 0 Å². The lowest BCUT2D eigenvalue weighted by Crippen LogP contribution is -2.43. The van der Waals surface area contributed by atoms with Crippen LogP contribution in [0.4, 0.5) is 0 Å². The molecule has 0 spiro atoms. The molecule has 2 aliphatic rings. The van der Waals surface area contributed by atoms with Gasteiger partial charge in [-0.1, -0.05) is 37.3 Å². The van der Waals surface area contributed by atoms with Gasteiger partial charge in [-0.15, -0.1) is 24.0 Å². The van der Waals surface area contributed by atoms with E-state index in [0.717, 1.165) is 44.7 Å². The van der Waals surface area contributed by atoms with E-state index >= 15 is 0 Å². The monoisotopic (exact) mass is 442 g/mol. The van der Waals surface area contributed by atoms with Gasteiger partial charge in [0.2, 0.25) is 0 Å². The first-order valence-corrected chi connectivity index (χ1v) is 9.06. The fourth-order valence-electron chi connectivity index (χ4n) is 3.63. The van der Waals surface area contributed by atoms with E-state index in [1.807, 2.05) is 7.05 Å². The van der Waals surface area contributed by atoms with Gasteiger partial charge < -0.3 is 10.2 Å². The summed E-state index contributed by atoms with van der Waals surface area (Å²) < 4.78 is 0. The summed E-state index contributed by atoms with van der Waals surface area (Å²) in [7, 11) is 1.90. The third-order valence-corrected chi connectivity index (χ3v) is 5.12. The van der Waals surface area contributed by atoms with Gasteiger partial charge in [0.05, 0.1) is 0 Å². The predicted molar refractivity (Wildman–Crippen MR) is 112 cm³/mol. The Balaban J connectivity index is 0.00000208. The maximum absolute atomic E-state index is 4.49. The van der Waals surface area contributed by atoms with Gasteiger partial charge in [-0.05, 0) is 31.4 Å². The average molecular weight is 442 g/mol. The lowest BCUT2D eigenvalue weighted by atomic mass is 9.99. The van der Waals surface area contributed by atoms with Crippen LogP contribution in [0.5, 0.6) is 0 Å². The highest BCUT2D eigenvalue weighted by Crippen LogP contribution is 2.27. The maximum Gasteiger partial charge on any atom is 0.193 e. The van der Waals surface area contributed by atoms with Crippen molar-refractivity contribution in [1.82, 2.24) is 15.1 Å². The molecule has 1 aromatic carbocycles. The van der Waals surface area contributed by atoms with Crippen LogP contribution in [0.25, 0.3) is 0 Å². The second-order valence-corrected chi connectivity index (χ2v) is 6.68. The van der Waals surface area contributed by atoms with E-state index in [2.05, 4.69) is 57.4 Å². The third-order valence-electron chi connectivity index (χ3n) is 5.12. The smallest absolute Gasteiger partial charge is 0.193 e. The zero-order chi connectivity index (χ0) is 16.1. The molecule has 1 saturated carbocycles. The van der Waals surface area contributed by atoms with Gasteiger partial charge in [0, 0.05) is 45.2 Å². The molecule has 1 aromatic rings. The van der Waals surface area contributed by atoms with Gasteiger partial charge in [0.25, 0.3) is 0 Å². The number of nitrogens with one attached hydrogen (secondary N) is 1. The summed E-state index contributed by atoms with van der Waals surface area (Å²) in [6, 6.07) is 11.7. The van der Waals surface area contributed by atoms with Gasteiger partial charge in [-0.3, -0.25) is 9.89 Å². The van der Waals surface area contributed by atoms with Gasteiger partial charge in [-0.2, -0.15) is 0 Å². The minimum Gasteiger partial charge on any atom is -0.355 e. The van der Waals surface area contributed by atoms with E-state index in [-0.39, 0.29) is 24.0 Å². The fraction of sp³-hybridized carbons (Fsp3) is 0.632. The number of hydrogen-bond donors (Lipinski definition) is 1. The fourth-order valence-corrected chi connectivity index (χ4v) is 3.63. The number of likely N-dealkylation sites (tertiary alicyclic amines) is 1. The van der Waals surface area contributed by atoms with Crippen LogP contribution in [0.15, 0.2) is 35.3 Å². The van der Waals surface area contributed by atoms with E-state index in [0.29, 0.717) is 5.92 Å². The van der Waals surface area contributed by atoms with Crippen molar-refractivity contribution >= 4 is 29.9 Å². The molecule has 2 fully saturated rings. The van der Waals surface area contributed by atoms with Crippen LogP contribution in [-0.4, -0.2) is 61.6 Å². The largest absolute Gasteiger partial charge is 0.355 e. The number of nitrogens with zero attached hydrogens (tertiary/aromatic N) is 3. The average Bonchev–Trinajstić information content (AvgIpc) is 3.32. The Hall–Kier alpha value is -0.820. The summed E-state index contributed by atoms with van der Waals surface area (Å²) in [5.41, 5.74) is 1.45. The molecule has 1 aliphatic heterocycles. The van der Waals surface area contributed by atoms with Crippen LogP contribution < -0.4 is 5.32 Å². The molecule has 1 atom stereocenters. The van der Waals surface area contributed by atoms with E-state index in [1.54, 1.807) is 0 Å². The van der Waals surface area contributed by atoms with Crippen LogP contribution in [0.3, 0.4) is 0 Å². The van der Waals surface area contributed by atoms with Crippen LogP contribution in [0.2, 0.25) is 0 Å². The zero-order valence-corrected chi connectivity index (χ0v) is 17.3. The van der Waals surface area contributed by atoms with Gasteiger partial charge in [-0.25, -0.2) is 0 Å². The van der Waals surface area contributed by atoms with Crippen molar-refractivity contribution in [2.45, 2.75) is 38.1 Å². The summed E-state index contributed by atoms with van der Waals surface area (Å²) >= 11 is 0. The zero-order valence-electron chi connectivity index (χ0n) is 14.9. The Kier molecular flexibility index (Phi) is 7.81. The minimum atomic E-state index is 0. The number of benzene rings is 1. The van der Waals surface area contributed by atoms with Crippen molar-refractivity contribution in [2.75, 3.05) is 39.8 Å². The minimum absolute atomic E-state index is 0. The van der Waals surface area contributed by atoms with Crippen molar-refractivity contribution in [3.05, 3.63) is 35.9 Å². The molecule has 1 unspecified atom stereocenters. The molecule has 1 saturated heterocycles. The van der Waals surface area contributed by atoms with Gasteiger partial charge in [0.15, 0.2) is 5.96 Å². The molecular weight excluding hydrogens is 411 g/mol. The molecule has 0 radical (unpaired) electrons. The van der Waals surface area contributed by atoms with Crippen LogP contribution in [-0.2, 0) is 0 Å². The normalized spacial score (nSPS) is 21.0. The van der Waals surface area contributed by atoms with E-state index in [4.69, 9.17) is 0 Å². The molecule has 5 heteroatoms. The second kappa shape index (κ2) is 9.61. The first-order valence-electron chi connectivity index (χ1n) is 9.06. The molecule has 1 N–H and O–H groups in total. The number of likely N-dealkylation sites (N-methyl/N-ethyl adjacent to an activating group) is 1. The quantitative estimate of drug-likeness (QED) is 0.417. The molecule has 3 rings (SSSR count). The summed E-state index contributed by atoms with van der Waals surface area (Å²) in [5.74, 6) is 1.70. The van der Waals surface area contributed by atoms with Crippen LogP contribution >= 0.6 is 24.0 Å². The SMILES string of the molecule is CCN(CCNC(=NC)N1CCC(c2ccccc2)C1)C1CC1.I. The Morgan fingerprint density at radius 2 is 2.00 bits per heavy atom. The lowest BCUT2D eigenvalue weighted by molar-refractivity contribution is 0.280. The summed E-state index contributed by atoms with van der Waals surface area (Å²) in [4.78, 5) is 9.48. The van der Waals surface area contributed by atoms with Gasteiger partial charge in [0.1, 0.15) is 0 Å². The number of aliphatic imine (C=N–C) groups is 1. The highest BCUT2D eigenvalue weighted by atomic mass is 127. The van der Waals surface area contributed by atoms with E-state index in [9.17, 15) is 0 Å². The highest BCUT2D eigenvalue weighted by Gasteiger charge is 2.28. The predicted octanol–water partition coefficient (Wildman–Crippen LogP) is 3.15. The molecule has 24 heavy (non-hydrogen) atoms. The van der Waals surface area contributed by atoms with Crippen molar-refractivity contribution in [3.63, 3.8) is 0 Å². The second-order valence-electron chi connectivity index (χ2n) is 6.68. The first kappa shape index (κ1) is 19.5. The molecular formula is C19H31IN4. The topological polar surface area (TPSA) is 30.9 Å². The molecule has 1 aliphatic carbocycles. The van der Waals surface area contributed by atoms with E-state index < -0.39 is 0 Å². The Labute approximate surface area is 163 Å². The van der Waals surface area contributed by atoms with Crippen LogP contribution in [0, 0.1) is 0 Å². The molecule has 0 aromatic heterocycles. The van der Waals surface area contributed by atoms with Crippen LogP contribution in [0.1, 0.15) is 37.7 Å². The first-order chi connectivity index (χ1) is 11.3. The highest BCUT2D eigenvalue weighted by molar-refractivity contribution is 14.0. The number of guanidine groups is 1. The Morgan fingerprint density at radius 1 is 1.25 bits per heavy atom. The molecule has 134 valence electrons. The number of halogens is 1. The molecule has 4 nitrogen and oxygen atoms in total. The third kappa shape index (κ3) is 5.09. The maximum atomic E-state index is 4.49. The molecule has 0 bridgehead atoms. The summed E-state index contributed by atoms with van der Waals surface area (Å²) in [6.45, 7) is 7.70. The van der Waals surface area contributed by atoms with Crippen molar-refractivity contribution in [1.29, 1.82) is 0 Å². The molecule has 0 amide bonds. The van der Waals surface area contributed by atoms with E-state index in [1.165, 1.54) is 24.8 Å². The lowest BCUT2D eigenvalue weighted by Gasteiger charge is -2.24. The van der Waals surface area contributed by atoms with Crippen molar-refractivity contribution < 1.29 is 0 Å². The number of rotatable bonds is 6. The van der Waals surface area contributed by atoms with Crippen molar-refractivity contribution in [2.24, 2.45) is 4.99 Å². The standard InChI is InChI=1S/C19H30N4.HI/c1-3-22(18-9-10-18)14-12-21-19(20-2)23-13-11-17(15-23)16-7-5-4-6-8-16;/h4-8,17-18H,3,9-15H2,1-2H3,(H,20,21);1H.